The zero-order valence-corrected chi connectivity index (χ0v) is 6.45. The van der Waals surface area contributed by atoms with Gasteiger partial charge in [-0.15, -0.1) is 0 Å². The highest BCUT2D eigenvalue weighted by atomic mass is 35.5. The van der Waals surface area contributed by atoms with Crippen LogP contribution in [0.2, 0.25) is 5.02 Å². The van der Waals surface area contributed by atoms with Crippen molar-refractivity contribution in [2.75, 3.05) is 0 Å². The minimum absolute atomic E-state index is 0.132. The summed E-state index contributed by atoms with van der Waals surface area (Å²) in [6, 6.07) is 2.83. The Morgan fingerprint density at radius 3 is 2.92 bits per heavy atom. The third kappa shape index (κ3) is 1.49. The van der Waals surface area contributed by atoms with Gasteiger partial charge in [0, 0.05) is 0 Å². The highest BCUT2D eigenvalue weighted by Gasteiger charge is 2.14. The second kappa shape index (κ2) is 3.15. The Morgan fingerprint density at radius 2 is 2.42 bits per heavy atom. The molecule has 6 heteroatoms. The zero-order valence-electron chi connectivity index (χ0n) is 5.69. The van der Waals surface area contributed by atoms with Crippen LogP contribution in [0, 0.1) is 21.4 Å². The second-order valence-electron chi connectivity index (χ2n) is 1.89. The molecule has 12 heavy (non-hydrogen) atoms. The molecule has 0 amide bonds. The van der Waals surface area contributed by atoms with Gasteiger partial charge >= 0.3 is 5.82 Å². The molecule has 1 rings (SSSR count). The first-order valence-corrected chi connectivity index (χ1v) is 3.23. The largest absolute Gasteiger partial charge is 0.381 e. The summed E-state index contributed by atoms with van der Waals surface area (Å²) < 4.78 is 0. The quantitative estimate of drug-likeness (QED) is 0.488. The van der Waals surface area contributed by atoms with Crippen molar-refractivity contribution in [3.05, 3.63) is 33.0 Å². The van der Waals surface area contributed by atoms with Crippen LogP contribution in [0.5, 0.6) is 0 Å². The molecule has 0 unspecified atom stereocenters. The summed E-state index contributed by atoms with van der Waals surface area (Å²) in [4.78, 5) is 12.9. The second-order valence-corrected chi connectivity index (χ2v) is 2.33. The lowest BCUT2D eigenvalue weighted by Crippen LogP contribution is -1.95. The van der Waals surface area contributed by atoms with E-state index in [4.69, 9.17) is 16.9 Å². The Morgan fingerprint density at radius 1 is 1.75 bits per heavy atom. The summed E-state index contributed by atoms with van der Waals surface area (Å²) in [6.45, 7) is 0. The maximum atomic E-state index is 10.2. The molecule has 60 valence electrons. The standard InChI is InChI=1S/C6H2ClN3O2/c7-5-1-4(2-8)6(9-3-5)10(11)12/h1,3H. The van der Waals surface area contributed by atoms with Crippen molar-refractivity contribution in [1.29, 1.82) is 5.26 Å². The molecule has 0 aliphatic rings. The van der Waals surface area contributed by atoms with E-state index in [0.717, 1.165) is 6.20 Å². The van der Waals surface area contributed by atoms with Crippen molar-refractivity contribution in [3.8, 4) is 6.07 Å². The molecule has 5 nitrogen and oxygen atoms in total. The first-order chi connectivity index (χ1) is 5.65. The minimum atomic E-state index is -0.727. The minimum Gasteiger partial charge on any atom is -0.358 e. The monoisotopic (exact) mass is 183 g/mol. The number of nitrogens with zero attached hydrogens (tertiary/aromatic N) is 3. The molecule has 0 radical (unpaired) electrons. The van der Waals surface area contributed by atoms with Crippen LogP contribution in [0.4, 0.5) is 5.82 Å². The molecule has 0 atom stereocenters. The molecule has 0 aromatic carbocycles. The van der Waals surface area contributed by atoms with E-state index in [-0.39, 0.29) is 10.6 Å². The van der Waals surface area contributed by atoms with E-state index in [1.54, 1.807) is 6.07 Å². The average Bonchev–Trinajstić information content (AvgIpc) is 2.03. The van der Waals surface area contributed by atoms with Gasteiger partial charge in [0.1, 0.15) is 6.07 Å². The molecule has 0 saturated heterocycles. The Hall–Kier alpha value is -1.67. The fourth-order valence-corrected chi connectivity index (χ4v) is 0.818. The summed E-state index contributed by atoms with van der Waals surface area (Å²) in [5.41, 5.74) is -0.132. The van der Waals surface area contributed by atoms with Crippen LogP contribution in [-0.2, 0) is 0 Å². The Balaban J connectivity index is 3.32. The fourth-order valence-electron chi connectivity index (χ4n) is 0.660. The van der Waals surface area contributed by atoms with Gasteiger partial charge in [-0.25, -0.2) is 0 Å². The van der Waals surface area contributed by atoms with Crippen LogP contribution < -0.4 is 0 Å². The lowest BCUT2D eigenvalue weighted by Gasteiger charge is -1.92. The van der Waals surface area contributed by atoms with Crippen LogP contribution in [0.25, 0.3) is 0 Å². The number of halogens is 1. The number of pyridine rings is 1. The van der Waals surface area contributed by atoms with Crippen molar-refractivity contribution in [2.45, 2.75) is 0 Å². The first-order valence-electron chi connectivity index (χ1n) is 2.85. The molecule has 0 saturated carbocycles. The molecular formula is C6H2ClN3O2. The lowest BCUT2D eigenvalue weighted by molar-refractivity contribution is -0.389. The molecule has 0 N–H and O–H groups in total. The van der Waals surface area contributed by atoms with Gasteiger partial charge in [0.2, 0.25) is 0 Å². The van der Waals surface area contributed by atoms with Gasteiger partial charge in [0.25, 0.3) is 0 Å². The van der Waals surface area contributed by atoms with Crippen molar-refractivity contribution >= 4 is 17.4 Å². The van der Waals surface area contributed by atoms with Gasteiger partial charge in [-0.3, -0.25) is 0 Å². The van der Waals surface area contributed by atoms with Crippen molar-refractivity contribution in [3.63, 3.8) is 0 Å². The van der Waals surface area contributed by atoms with Crippen LogP contribution in [0.3, 0.4) is 0 Å². The van der Waals surface area contributed by atoms with Crippen molar-refractivity contribution < 1.29 is 4.92 Å². The maximum absolute atomic E-state index is 10.2. The number of hydrogen-bond acceptors (Lipinski definition) is 4. The van der Waals surface area contributed by atoms with Crippen molar-refractivity contribution in [2.24, 2.45) is 0 Å². The van der Waals surface area contributed by atoms with E-state index >= 15 is 0 Å². The number of hydrogen-bond donors (Lipinski definition) is 0. The van der Waals surface area contributed by atoms with E-state index < -0.39 is 10.7 Å². The molecule has 0 fully saturated rings. The smallest absolute Gasteiger partial charge is 0.358 e. The molecule has 0 spiro atoms. The first kappa shape index (κ1) is 8.43. The van der Waals surface area contributed by atoms with Gasteiger partial charge in [0.15, 0.2) is 11.8 Å². The van der Waals surface area contributed by atoms with Crippen LogP contribution >= 0.6 is 11.6 Å². The van der Waals surface area contributed by atoms with Gasteiger partial charge in [-0.2, -0.15) is 5.26 Å². The summed E-state index contributed by atoms with van der Waals surface area (Å²) in [5, 5.41) is 18.9. The molecular weight excluding hydrogens is 182 g/mol. The third-order valence-corrected chi connectivity index (χ3v) is 1.33. The predicted molar refractivity (Wildman–Crippen MR) is 40.6 cm³/mol. The number of rotatable bonds is 1. The normalized spacial score (nSPS) is 9.00. The topological polar surface area (TPSA) is 79.8 Å². The highest BCUT2D eigenvalue weighted by Crippen LogP contribution is 2.17. The Kier molecular flexibility index (Phi) is 2.21. The summed E-state index contributed by atoms with van der Waals surface area (Å²) in [7, 11) is 0. The molecule has 0 aliphatic carbocycles. The molecule has 1 heterocycles. The van der Waals surface area contributed by atoms with Gasteiger partial charge in [-0.05, 0) is 16.0 Å². The van der Waals surface area contributed by atoms with Crippen molar-refractivity contribution in [1.82, 2.24) is 4.98 Å². The highest BCUT2D eigenvalue weighted by molar-refractivity contribution is 6.30. The average molecular weight is 184 g/mol. The van der Waals surface area contributed by atoms with Gasteiger partial charge in [-0.1, -0.05) is 11.6 Å². The van der Waals surface area contributed by atoms with E-state index in [0.29, 0.717) is 0 Å². The number of aromatic nitrogens is 1. The van der Waals surface area contributed by atoms with E-state index in [2.05, 4.69) is 4.98 Å². The number of nitro groups is 1. The van der Waals surface area contributed by atoms with E-state index in [9.17, 15) is 10.1 Å². The fraction of sp³-hybridized carbons (Fsp3) is 0. The summed E-state index contributed by atoms with van der Waals surface area (Å²) in [5.74, 6) is -0.470. The molecule has 1 aromatic heterocycles. The molecule has 0 aliphatic heterocycles. The summed E-state index contributed by atoms with van der Waals surface area (Å²) in [6.07, 6.45) is 1.13. The maximum Gasteiger partial charge on any atom is 0.381 e. The third-order valence-electron chi connectivity index (χ3n) is 1.13. The predicted octanol–water partition coefficient (Wildman–Crippen LogP) is 1.51. The SMILES string of the molecule is N#Cc1cc(Cl)cnc1[N+](=O)[O-]. The molecule has 0 bridgehead atoms. The van der Waals surface area contributed by atoms with Gasteiger partial charge in [0.05, 0.1) is 5.02 Å². The van der Waals surface area contributed by atoms with Crippen LogP contribution in [0.15, 0.2) is 12.3 Å². The Bertz CT molecular complexity index is 372. The lowest BCUT2D eigenvalue weighted by atomic mass is 10.3. The van der Waals surface area contributed by atoms with Crippen LogP contribution in [0.1, 0.15) is 5.56 Å². The van der Waals surface area contributed by atoms with Crippen LogP contribution in [-0.4, -0.2) is 9.91 Å². The van der Waals surface area contributed by atoms with E-state index in [1.807, 2.05) is 0 Å². The van der Waals surface area contributed by atoms with E-state index in [1.165, 1.54) is 6.07 Å². The zero-order chi connectivity index (χ0) is 9.14. The van der Waals surface area contributed by atoms with Gasteiger partial charge < -0.3 is 10.1 Å². The number of nitriles is 1. The molecule has 1 aromatic rings. The summed E-state index contributed by atoms with van der Waals surface area (Å²) >= 11 is 5.46. The Labute approximate surface area is 72.4 Å².